The van der Waals surface area contributed by atoms with E-state index in [1.807, 2.05) is 18.3 Å². The minimum atomic E-state index is -0.645. The molecule has 4 nitrogen and oxygen atoms in total. The van der Waals surface area contributed by atoms with Gasteiger partial charge in [-0.1, -0.05) is 55.8 Å². The number of unbranched alkanes of at least 4 members (excludes halogenated alkanes) is 2. The molecular weight excluding hydrogens is 344 g/mol. The molecule has 1 aromatic carbocycles. The van der Waals surface area contributed by atoms with Crippen molar-refractivity contribution in [1.29, 1.82) is 0 Å². The molecule has 1 N–H and O–H groups in total. The molecule has 5 heteroatoms. The second kappa shape index (κ2) is 9.40. The van der Waals surface area contributed by atoms with E-state index in [1.54, 1.807) is 18.0 Å². The number of aromatic amines is 1. The summed E-state index contributed by atoms with van der Waals surface area (Å²) in [6, 6.07) is 10.4. The smallest absolute Gasteiger partial charge is 0.180 e. The van der Waals surface area contributed by atoms with E-state index in [9.17, 15) is 0 Å². The third-order valence-corrected chi connectivity index (χ3v) is 5.76. The molecule has 1 saturated heterocycles. The molecular formula is C21H28N2O2S. The summed E-state index contributed by atoms with van der Waals surface area (Å²) >= 11 is 1.72. The van der Waals surface area contributed by atoms with Crippen molar-refractivity contribution in [3.63, 3.8) is 0 Å². The number of hydrogen-bond acceptors (Lipinski definition) is 4. The molecule has 0 bridgehead atoms. The molecule has 1 aromatic heterocycles. The molecule has 0 amide bonds. The monoisotopic (exact) mass is 372 g/mol. The van der Waals surface area contributed by atoms with E-state index in [4.69, 9.17) is 9.47 Å². The number of ether oxygens (including phenoxy) is 2. The molecule has 3 atom stereocenters. The minimum absolute atomic E-state index is 0.0127. The summed E-state index contributed by atoms with van der Waals surface area (Å²) in [5, 5.41) is 0. The molecule has 0 radical (unpaired) electrons. The van der Waals surface area contributed by atoms with Gasteiger partial charge >= 0.3 is 0 Å². The van der Waals surface area contributed by atoms with Crippen LogP contribution in [0.5, 0.6) is 0 Å². The summed E-state index contributed by atoms with van der Waals surface area (Å²) < 4.78 is 12.9. The Balaban J connectivity index is 1.79. The molecule has 1 fully saturated rings. The van der Waals surface area contributed by atoms with Crippen LogP contribution < -0.4 is 0 Å². The topological polar surface area (TPSA) is 47.1 Å². The van der Waals surface area contributed by atoms with Crippen LogP contribution in [-0.4, -0.2) is 27.8 Å². The number of thioether (sulfide) groups is 1. The summed E-state index contributed by atoms with van der Waals surface area (Å²) in [5.41, 5.74) is -0.0127. The Labute approximate surface area is 160 Å². The molecule has 2 aromatic rings. The van der Waals surface area contributed by atoms with E-state index in [2.05, 4.69) is 47.7 Å². The first-order valence-corrected chi connectivity index (χ1v) is 10.3. The molecule has 1 aliphatic heterocycles. The zero-order valence-electron chi connectivity index (χ0n) is 15.4. The van der Waals surface area contributed by atoms with Crippen molar-refractivity contribution >= 4 is 11.8 Å². The number of H-pyrrole nitrogens is 1. The highest BCUT2D eigenvalue weighted by atomic mass is 32.2. The summed E-state index contributed by atoms with van der Waals surface area (Å²) in [7, 11) is 0. The maximum atomic E-state index is 6.57. The van der Waals surface area contributed by atoms with E-state index >= 15 is 0 Å². The summed E-state index contributed by atoms with van der Waals surface area (Å²) in [6.45, 7) is 6.73. The van der Waals surface area contributed by atoms with Crippen molar-refractivity contribution in [2.24, 2.45) is 0 Å². The fourth-order valence-electron chi connectivity index (χ4n) is 3.45. The highest BCUT2D eigenvalue weighted by molar-refractivity contribution is 7.99. The summed E-state index contributed by atoms with van der Waals surface area (Å²) in [6.07, 6.45) is 10.6. The van der Waals surface area contributed by atoms with Crippen molar-refractivity contribution in [3.8, 4) is 0 Å². The second-order valence-electron chi connectivity index (χ2n) is 6.61. The fourth-order valence-corrected chi connectivity index (χ4v) is 4.42. The van der Waals surface area contributed by atoms with Crippen LogP contribution in [0.1, 0.15) is 50.8 Å². The van der Waals surface area contributed by atoms with Gasteiger partial charge in [-0.15, -0.1) is 6.58 Å². The van der Waals surface area contributed by atoms with Crippen LogP contribution in [-0.2, 0) is 9.47 Å². The van der Waals surface area contributed by atoms with Gasteiger partial charge in [0, 0.05) is 23.7 Å². The number of hydrogen-bond donors (Lipinski definition) is 1. The standard InChI is InChI=1S/C21H28N2O2S/c1-3-5-9-13-21(18(10-4-2)20-22-14-15-23-20)24-16-19(25-21)26-17-11-7-6-8-12-17/h4,6-8,11-12,14-15,18-19H,2-3,5,9-10,13,16H2,1H3,(H,22,23). The molecule has 3 unspecified atom stereocenters. The van der Waals surface area contributed by atoms with Crippen molar-refractivity contribution in [2.45, 2.75) is 61.1 Å². The van der Waals surface area contributed by atoms with E-state index in [1.165, 1.54) is 17.7 Å². The lowest BCUT2D eigenvalue weighted by atomic mass is 9.89. The number of imidazole rings is 1. The Kier molecular flexibility index (Phi) is 6.94. The first kappa shape index (κ1) is 19.2. The lowest BCUT2D eigenvalue weighted by molar-refractivity contribution is -0.184. The average Bonchev–Trinajstić information content (AvgIpc) is 3.32. The molecule has 0 saturated carbocycles. The zero-order chi connectivity index (χ0) is 18.2. The average molecular weight is 373 g/mol. The normalized spacial score (nSPS) is 23.8. The Bertz CT molecular complexity index is 662. The van der Waals surface area contributed by atoms with Crippen molar-refractivity contribution in [1.82, 2.24) is 9.97 Å². The van der Waals surface area contributed by atoms with Gasteiger partial charge < -0.3 is 14.5 Å². The number of allylic oxidation sites excluding steroid dienone is 1. The molecule has 26 heavy (non-hydrogen) atoms. The Hall–Kier alpha value is -1.56. The van der Waals surface area contributed by atoms with Crippen LogP contribution in [0, 0.1) is 0 Å². The number of aromatic nitrogens is 2. The van der Waals surface area contributed by atoms with Gasteiger partial charge in [0.05, 0.1) is 12.5 Å². The first-order valence-electron chi connectivity index (χ1n) is 9.41. The first-order chi connectivity index (χ1) is 12.8. The van der Waals surface area contributed by atoms with Crippen LogP contribution in [0.2, 0.25) is 0 Å². The number of nitrogens with zero attached hydrogens (tertiary/aromatic N) is 1. The Morgan fingerprint density at radius 2 is 2.23 bits per heavy atom. The number of rotatable bonds is 10. The maximum absolute atomic E-state index is 6.57. The van der Waals surface area contributed by atoms with E-state index < -0.39 is 5.79 Å². The molecule has 0 aliphatic carbocycles. The predicted octanol–water partition coefficient (Wildman–Crippen LogP) is 5.51. The second-order valence-corrected chi connectivity index (χ2v) is 7.84. The molecule has 1 aliphatic rings. The zero-order valence-corrected chi connectivity index (χ0v) is 16.2. The Morgan fingerprint density at radius 1 is 1.38 bits per heavy atom. The van der Waals surface area contributed by atoms with Gasteiger partial charge in [-0.25, -0.2) is 4.98 Å². The van der Waals surface area contributed by atoms with Gasteiger partial charge in [-0.2, -0.15) is 0 Å². The Morgan fingerprint density at radius 3 is 2.92 bits per heavy atom. The van der Waals surface area contributed by atoms with Crippen molar-refractivity contribution in [2.75, 3.05) is 6.61 Å². The van der Waals surface area contributed by atoms with E-state index in [-0.39, 0.29) is 11.4 Å². The van der Waals surface area contributed by atoms with Gasteiger partial charge in [-0.05, 0) is 25.0 Å². The minimum Gasteiger partial charge on any atom is -0.348 e. The maximum Gasteiger partial charge on any atom is 0.180 e. The summed E-state index contributed by atoms with van der Waals surface area (Å²) in [4.78, 5) is 8.94. The van der Waals surface area contributed by atoms with Gasteiger partial charge in [-0.3, -0.25) is 0 Å². The molecule has 0 spiro atoms. The quantitative estimate of drug-likeness (QED) is 0.441. The van der Waals surface area contributed by atoms with E-state index in [0.717, 1.165) is 25.1 Å². The van der Waals surface area contributed by atoms with Crippen LogP contribution in [0.15, 0.2) is 60.3 Å². The van der Waals surface area contributed by atoms with Crippen molar-refractivity contribution < 1.29 is 9.47 Å². The number of nitrogens with one attached hydrogen (secondary N) is 1. The van der Waals surface area contributed by atoms with Crippen LogP contribution in [0.4, 0.5) is 0 Å². The third kappa shape index (κ3) is 4.58. The van der Waals surface area contributed by atoms with Crippen LogP contribution in [0.25, 0.3) is 0 Å². The largest absolute Gasteiger partial charge is 0.348 e. The van der Waals surface area contributed by atoms with Crippen LogP contribution >= 0.6 is 11.8 Å². The fraction of sp³-hybridized carbons (Fsp3) is 0.476. The molecule has 140 valence electrons. The lowest BCUT2D eigenvalue weighted by Crippen LogP contribution is -2.38. The highest BCUT2D eigenvalue weighted by Crippen LogP contribution is 2.45. The summed E-state index contributed by atoms with van der Waals surface area (Å²) in [5.74, 6) is 0.285. The van der Waals surface area contributed by atoms with Gasteiger partial charge in [0.2, 0.25) is 0 Å². The highest BCUT2D eigenvalue weighted by Gasteiger charge is 2.48. The SMILES string of the molecule is C=CCC(c1ncc[nH]1)C1(CCCCC)OCC(Sc2ccccc2)O1. The molecule has 2 heterocycles. The van der Waals surface area contributed by atoms with Gasteiger partial charge in [0.25, 0.3) is 0 Å². The number of benzene rings is 1. The van der Waals surface area contributed by atoms with Crippen LogP contribution in [0.3, 0.4) is 0 Å². The predicted molar refractivity (Wildman–Crippen MR) is 106 cm³/mol. The van der Waals surface area contributed by atoms with Gasteiger partial charge in [0.15, 0.2) is 5.79 Å². The lowest BCUT2D eigenvalue weighted by Gasteiger charge is -2.34. The van der Waals surface area contributed by atoms with Gasteiger partial charge in [0.1, 0.15) is 11.3 Å². The third-order valence-electron chi connectivity index (χ3n) is 4.72. The van der Waals surface area contributed by atoms with Crippen molar-refractivity contribution in [3.05, 3.63) is 61.2 Å². The molecule has 3 rings (SSSR count). The van der Waals surface area contributed by atoms with E-state index in [0.29, 0.717) is 6.61 Å².